The Morgan fingerprint density at radius 2 is 0.969 bits per heavy atom. The van der Waals surface area contributed by atoms with Crippen molar-refractivity contribution in [3.63, 3.8) is 0 Å². The summed E-state index contributed by atoms with van der Waals surface area (Å²) >= 11 is 0. The third-order valence-electron chi connectivity index (χ3n) is 4.61. The van der Waals surface area contributed by atoms with Crippen LogP contribution in [-0.4, -0.2) is 23.2 Å². The van der Waals surface area contributed by atoms with Gasteiger partial charge >= 0.3 is 0 Å². The highest BCUT2D eigenvalue weighted by Gasteiger charge is 2.11. The summed E-state index contributed by atoms with van der Waals surface area (Å²) < 4.78 is 27.3. The van der Waals surface area contributed by atoms with Crippen molar-refractivity contribution < 1.29 is 18.4 Å². The molecule has 0 heterocycles. The summed E-state index contributed by atoms with van der Waals surface area (Å²) in [6.07, 6.45) is 0. The molecule has 32 heavy (non-hydrogen) atoms. The minimum absolute atomic E-state index is 0.0938. The molecular formula is C24H20F2N4O2. The third-order valence-corrected chi connectivity index (χ3v) is 4.61. The number of nitrogens with zero attached hydrogens (tertiary/aromatic N) is 2. The number of amides is 2. The summed E-state index contributed by atoms with van der Waals surface area (Å²) in [5.74, 6) is -2.54. The number of hydrazone groups is 2. The molecule has 0 aliphatic heterocycles. The first-order chi connectivity index (χ1) is 15.4. The molecule has 0 radical (unpaired) electrons. The molecule has 0 aliphatic carbocycles. The van der Waals surface area contributed by atoms with Gasteiger partial charge in [-0.25, -0.2) is 19.6 Å². The van der Waals surface area contributed by atoms with Crippen LogP contribution in [0.1, 0.15) is 45.7 Å². The van der Waals surface area contributed by atoms with E-state index >= 15 is 0 Å². The van der Waals surface area contributed by atoms with Crippen molar-refractivity contribution in [3.05, 3.63) is 107 Å². The molecule has 2 N–H and O–H groups in total. The maximum absolute atomic E-state index is 13.7. The number of benzene rings is 3. The Bertz CT molecular complexity index is 1110. The highest BCUT2D eigenvalue weighted by atomic mass is 19.1. The van der Waals surface area contributed by atoms with E-state index in [1.165, 1.54) is 36.4 Å². The van der Waals surface area contributed by atoms with Gasteiger partial charge in [-0.15, -0.1) is 0 Å². The Balaban J connectivity index is 1.64. The molecule has 3 rings (SSSR count). The second kappa shape index (κ2) is 10.2. The topological polar surface area (TPSA) is 82.9 Å². The van der Waals surface area contributed by atoms with E-state index < -0.39 is 23.4 Å². The van der Waals surface area contributed by atoms with E-state index in [9.17, 15) is 18.4 Å². The van der Waals surface area contributed by atoms with Crippen molar-refractivity contribution >= 4 is 23.2 Å². The molecule has 0 spiro atoms. The van der Waals surface area contributed by atoms with Gasteiger partial charge in [0.05, 0.1) is 22.6 Å². The average molecular weight is 434 g/mol. The fourth-order valence-electron chi connectivity index (χ4n) is 2.76. The molecule has 8 heteroatoms. The second-order valence-electron chi connectivity index (χ2n) is 6.81. The fraction of sp³-hybridized carbons (Fsp3) is 0.0833. The van der Waals surface area contributed by atoms with E-state index in [0.717, 1.165) is 11.1 Å². The normalized spacial score (nSPS) is 11.8. The van der Waals surface area contributed by atoms with Crippen LogP contribution in [0.5, 0.6) is 0 Å². The molecule has 6 nitrogen and oxygen atoms in total. The fourth-order valence-corrected chi connectivity index (χ4v) is 2.76. The zero-order valence-electron chi connectivity index (χ0n) is 17.4. The van der Waals surface area contributed by atoms with Crippen LogP contribution in [0.3, 0.4) is 0 Å². The standard InChI is InChI=1S/C24H20F2N4O2/c1-15(27-29-23(31)19-7-3-5-9-21(19)25)17-11-13-18(14-12-17)16(2)28-30-24(32)20-8-4-6-10-22(20)26/h3-14H,1-2H3,(H,29,31)(H,30,32)/b27-15+,28-16+. The predicted octanol–water partition coefficient (Wildman–Crippen LogP) is 4.27. The van der Waals surface area contributed by atoms with Crippen LogP contribution in [0, 0.1) is 11.6 Å². The zero-order valence-corrected chi connectivity index (χ0v) is 17.4. The largest absolute Gasteiger partial charge is 0.274 e. The quantitative estimate of drug-likeness (QED) is 0.449. The summed E-state index contributed by atoms with van der Waals surface area (Å²) in [6, 6.07) is 18.3. The maximum Gasteiger partial charge on any atom is 0.274 e. The molecule has 0 aromatic heterocycles. The molecule has 0 aliphatic rings. The Kier molecular flexibility index (Phi) is 7.17. The first-order valence-corrected chi connectivity index (χ1v) is 9.66. The number of halogens is 2. The molecular weight excluding hydrogens is 414 g/mol. The molecule has 3 aromatic rings. The molecule has 0 saturated heterocycles. The van der Waals surface area contributed by atoms with Crippen LogP contribution in [0.15, 0.2) is 83.0 Å². The van der Waals surface area contributed by atoms with Crippen LogP contribution in [0.25, 0.3) is 0 Å². The van der Waals surface area contributed by atoms with E-state index in [2.05, 4.69) is 21.1 Å². The lowest BCUT2D eigenvalue weighted by molar-refractivity contribution is 0.0942. The van der Waals surface area contributed by atoms with Crippen molar-refractivity contribution in [1.29, 1.82) is 0 Å². The summed E-state index contributed by atoms with van der Waals surface area (Å²) in [4.78, 5) is 24.1. The molecule has 162 valence electrons. The predicted molar refractivity (Wildman–Crippen MR) is 119 cm³/mol. The van der Waals surface area contributed by atoms with Gasteiger partial charge in [0.25, 0.3) is 11.8 Å². The molecule has 0 bridgehead atoms. The van der Waals surface area contributed by atoms with Gasteiger partial charge < -0.3 is 0 Å². The van der Waals surface area contributed by atoms with Crippen LogP contribution < -0.4 is 10.9 Å². The van der Waals surface area contributed by atoms with Gasteiger partial charge in [-0.1, -0.05) is 48.5 Å². The second-order valence-corrected chi connectivity index (χ2v) is 6.81. The van der Waals surface area contributed by atoms with Gasteiger partial charge in [-0.05, 0) is 49.2 Å². The Labute approximate surface area is 183 Å². The van der Waals surface area contributed by atoms with Crippen molar-refractivity contribution in [2.24, 2.45) is 10.2 Å². The minimum Gasteiger partial charge on any atom is -0.267 e. The highest BCUT2D eigenvalue weighted by molar-refractivity contribution is 6.03. The van der Waals surface area contributed by atoms with E-state index in [-0.39, 0.29) is 11.1 Å². The zero-order chi connectivity index (χ0) is 23.1. The lowest BCUT2D eigenvalue weighted by Gasteiger charge is -2.06. The Morgan fingerprint density at radius 3 is 1.31 bits per heavy atom. The maximum atomic E-state index is 13.7. The monoisotopic (exact) mass is 434 g/mol. The third kappa shape index (κ3) is 5.48. The van der Waals surface area contributed by atoms with E-state index in [4.69, 9.17) is 0 Å². The van der Waals surface area contributed by atoms with Gasteiger partial charge in [0.2, 0.25) is 0 Å². The molecule has 3 aromatic carbocycles. The number of rotatable bonds is 6. The molecule has 0 fully saturated rings. The lowest BCUT2D eigenvalue weighted by atomic mass is 10.1. The summed E-state index contributed by atoms with van der Waals surface area (Å²) in [5.41, 5.74) is 6.97. The van der Waals surface area contributed by atoms with Crippen molar-refractivity contribution in [2.75, 3.05) is 0 Å². The van der Waals surface area contributed by atoms with E-state index in [1.807, 2.05) is 0 Å². The first-order valence-electron chi connectivity index (χ1n) is 9.66. The summed E-state index contributed by atoms with van der Waals surface area (Å²) in [7, 11) is 0. The van der Waals surface area contributed by atoms with Gasteiger partial charge in [0.1, 0.15) is 11.6 Å². The lowest BCUT2D eigenvalue weighted by Crippen LogP contribution is -2.21. The Morgan fingerprint density at radius 1 is 0.625 bits per heavy atom. The summed E-state index contributed by atoms with van der Waals surface area (Å²) in [5, 5.41) is 8.03. The highest BCUT2D eigenvalue weighted by Crippen LogP contribution is 2.09. The minimum atomic E-state index is -0.646. The number of hydrogen-bond donors (Lipinski definition) is 2. The molecule has 0 atom stereocenters. The molecule has 0 saturated carbocycles. The SMILES string of the molecule is C/C(=N\NC(=O)c1ccccc1F)c1ccc(/C(C)=N/NC(=O)c2ccccc2F)cc1. The van der Waals surface area contributed by atoms with Gasteiger partial charge in [-0.2, -0.15) is 10.2 Å². The van der Waals surface area contributed by atoms with Crippen molar-refractivity contribution in [3.8, 4) is 0 Å². The Hall–Kier alpha value is -4.20. The van der Waals surface area contributed by atoms with Gasteiger partial charge in [0, 0.05) is 0 Å². The molecule has 0 unspecified atom stereocenters. The number of hydrogen-bond acceptors (Lipinski definition) is 4. The van der Waals surface area contributed by atoms with E-state index in [1.54, 1.807) is 50.2 Å². The van der Waals surface area contributed by atoms with Crippen LogP contribution >= 0.6 is 0 Å². The van der Waals surface area contributed by atoms with Crippen molar-refractivity contribution in [2.45, 2.75) is 13.8 Å². The number of nitrogens with one attached hydrogen (secondary N) is 2. The van der Waals surface area contributed by atoms with Gasteiger partial charge in [-0.3, -0.25) is 9.59 Å². The summed E-state index contributed by atoms with van der Waals surface area (Å²) in [6.45, 7) is 3.40. The van der Waals surface area contributed by atoms with E-state index in [0.29, 0.717) is 11.4 Å². The number of carbonyl (C=O) groups excluding carboxylic acids is 2. The average Bonchev–Trinajstić information content (AvgIpc) is 2.81. The van der Waals surface area contributed by atoms with Crippen molar-refractivity contribution in [1.82, 2.24) is 10.9 Å². The van der Waals surface area contributed by atoms with Gasteiger partial charge in [0.15, 0.2) is 0 Å². The van der Waals surface area contributed by atoms with Crippen LogP contribution in [-0.2, 0) is 0 Å². The molecule has 2 amide bonds. The van der Waals surface area contributed by atoms with Crippen LogP contribution in [0.2, 0.25) is 0 Å². The smallest absolute Gasteiger partial charge is 0.267 e. The number of carbonyl (C=O) groups is 2. The van der Waals surface area contributed by atoms with Crippen LogP contribution in [0.4, 0.5) is 8.78 Å². The first kappa shape index (κ1) is 22.5.